The molecule has 2 aromatic carbocycles. The van der Waals surface area contributed by atoms with Crippen molar-refractivity contribution in [1.29, 1.82) is 0 Å². The van der Waals surface area contributed by atoms with Gasteiger partial charge in [-0.3, -0.25) is 4.79 Å². The minimum Gasteiger partial charge on any atom is -0.477 e. The van der Waals surface area contributed by atoms with E-state index in [0.717, 1.165) is 6.07 Å². The van der Waals surface area contributed by atoms with Crippen LogP contribution >= 0.6 is 34.8 Å². The van der Waals surface area contributed by atoms with Gasteiger partial charge in [0, 0.05) is 34.5 Å². The maximum Gasteiger partial charge on any atom is 0.341 e. The molecule has 0 aliphatic carbocycles. The number of hydrogen-bond acceptors (Lipinski definition) is 2. The van der Waals surface area contributed by atoms with Gasteiger partial charge in [-0.1, -0.05) is 40.9 Å². The van der Waals surface area contributed by atoms with E-state index in [1.807, 2.05) is 0 Å². The number of carboxylic acid groups (broad SMARTS) is 1. The quantitative estimate of drug-likeness (QED) is 0.541. The van der Waals surface area contributed by atoms with Crippen LogP contribution in [0.5, 0.6) is 0 Å². The third-order valence-corrected chi connectivity index (χ3v) is 5.22. The Balaban J connectivity index is 2.39. The second-order valence-corrected chi connectivity index (χ2v) is 7.19. The molecule has 0 aliphatic rings. The summed E-state index contributed by atoms with van der Waals surface area (Å²) in [6.45, 7) is 2.11. The van der Waals surface area contributed by atoms with Gasteiger partial charge in [0.25, 0.3) is 0 Å². The number of benzene rings is 2. The number of rotatable bonds is 4. The lowest BCUT2D eigenvalue weighted by Gasteiger charge is -2.17. The second-order valence-electron chi connectivity index (χ2n) is 5.94. The van der Waals surface area contributed by atoms with E-state index in [2.05, 4.69) is 0 Å². The van der Waals surface area contributed by atoms with Gasteiger partial charge in [-0.15, -0.1) is 0 Å². The largest absolute Gasteiger partial charge is 0.477 e. The first-order valence-electron chi connectivity index (χ1n) is 8.16. The van der Waals surface area contributed by atoms with Crippen LogP contribution in [-0.4, -0.2) is 15.6 Å². The van der Waals surface area contributed by atoms with Gasteiger partial charge in [-0.25, -0.2) is 9.18 Å². The molecule has 8 heteroatoms. The van der Waals surface area contributed by atoms with Crippen molar-refractivity contribution >= 4 is 40.8 Å². The summed E-state index contributed by atoms with van der Waals surface area (Å²) in [5.74, 6) is -2.14. The molecule has 0 saturated carbocycles. The molecule has 3 rings (SSSR count). The Morgan fingerprint density at radius 1 is 1.07 bits per heavy atom. The van der Waals surface area contributed by atoms with E-state index in [0.29, 0.717) is 17.1 Å². The van der Waals surface area contributed by atoms with Crippen LogP contribution in [0.2, 0.25) is 15.1 Å². The summed E-state index contributed by atoms with van der Waals surface area (Å²) in [6, 6.07) is 8.42. The molecule has 28 heavy (non-hydrogen) atoms. The molecule has 3 aromatic rings. The average Bonchev–Trinajstić information content (AvgIpc) is 2.64. The predicted octanol–water partition coefficient (Wildman–Crippen LogP) is 6.00. The Kier molecular flexibility index (Phi) is 5.79. The van der Waals surface area contributed by atoms with Gasteiger partial charge >= 0.3 is 5.97 Å². The fourth-order valence-electron chi connectivity index (χ4n) is 2.97. The zero-order valence-electron chi connectivity index (χ0n) is 14.5. The summed E-state index contributed by atoms with van der Waals surface area (Å²) in [5.41, 5.74) is -0.811. The molecular weight excluding hydrogens is 428 g/mol. The Morgan fingerprint density at radius 2 is 1.79 bits per heavy atom. The number of halogens is 4. The highest BCUT2D eigenvalue weighted by molar-refractivity contribution is 6.42. The van der Waals surface area contributed by atoms with Crippen molar-refractivity contribution in [2.45, 2.75) is 13.5 Å². The Labute approximate surface area is 174 Å². The number of pyridine rings is 1. The number of aromatic carboxylic acids is 1. The van der Waals surface area contributed by atoms with Gasteiger partial charge < -0.3 is 9.67 Å². The summed E-state index contributed by atoms with van der Waals surface area (Å²) < 4.78 is 16.0. The number of aryl methyl sites for hydroxylation is 1. The van der Waals surface area contributed by atoms with E-state index in [-0.39, 0.29) is 26.9 Å². The van der Waals surface area contributed by atoms with Crippen LogP contribution < -0.4 is 5.43 Å². The maximum absolute atomic E-state index is 14.4. The first kappa shape index (κ1) is 20.4. The van der Waals surface area contributed by atoms with Crippen molar-refractivity contribution in [3.63, 3.8) is 0 Å². The topological polar surface area (TPSA) is 59.3 Å². The molecule has 0 atom stereocenters. The number of carboxylic acids is 1. The SMILES string of the molecule is CCn1cc(-c2ccc(Cl)cc2F)c(=O)c(C(=O)O)c1-c1ccc(Cl)c(Cl)c1. The fraction of sp³-hybridized carbons (Fsp3) is 0.100. The van der Waals surface area contributed by atoms with E-state index in [9.17, 15) is 19.1 Å². The van der Waals surface area contributed by atoms with Crippen molar-refractivity contribution in [3.05, 3.63) is 79.3 Å². The normalized spacial score (nSPS) is 10.9. The highest BCUT2D eigenvalue weighted by atomic mass is 35.5. The van der Waals surface area contributed by atoms with Crippen LogP contribution in [-0.2, 0) is 6.54 Å². The molecular formula is C20H13Cl3FNO3. The molecule has 4 nitrogen and oxygen atoms in total. The fourth-order valence-corrected chi connectivity index (χ4v) is 3.42. The van der Waals surface area contributed by atoms with Crippen molar-refractivity contribution in [2.75, 3.05) is 0 Å². The highest BCUT2D eigenvalue weighted by Crippen LogP contribution is 2.32. The lowest BCUT2D eigenvalue weighted by Crippen LogP contribution is -2.23. The summed E-state index contributed by atoms with van der Waals surface area (Å²) in [6.07, 6.45) is 1.43. The van der Waals surface area contributed by atoms with Crippen LogP contribution in [0.15, 0.2) is 47.4 Å². The van der Waals surface area contributed by atoms with Crippen LogP contribution in [0.3, 0.4) is 0 Å². The minimum absolute atomic E-state index is 0.0280. The van der Waals surface area contributed by atoms with E-state index < -0.39 is 22.8 Å². The molecule has 1 aromatic heterocycles. The number of nitrogens with zero attached hydrogens (tertiary/aromatic N) is 1. The van der Waals surface area contributed by atoms with Crippen LogP contribution in [0.25, 0.3) is 22.4 Å². The van der Waals surface area contributed by atoms with E-state index in [1.165, 1.54) is 30.5 Å². The first-order valence-corrected chi connectivity index (χ1v) is 9.29. The highest BCUT2D eigenvalue weighted by Gasteiger charge is 2.24. The van der Waals surface area contributed by atoms with Crippen molar-refractivity contribution in [2.24, 2.45) is 0 Å². The van der Waals surface area contributed by atoms with Crippen LogP contribution in [0.4, 0.5) is 4.39 Å². The molecule has 0 radical (unpaired) electrons. The van der Waals surface area contributed by atoms with Crippen molar-refractivity contribution < 1.29 is 14.3 Å². The molecule has 0 saturated heterocycles. The lowest BCUT2D eigenvalue weighted by molar-refractivity contribution is 0.0695. The van der Waals surface area contributed by atoms with Gasteiger partial charge in [0.1, 0.15) is 11.4 Å². The van der Waals surface area contributed by atoms with Crippen LogP contribution in [0.1, 0.15) is 17.3 Å². The van der Waals surface area contributed by atoms with Gasteiger partial charge in [0.05, 0.1) is 15.7 Å². The summed E-state index contributed by atoms with van der Waals surface area (Å²) >= 11 is 17.8. The van der Waals surface area contributed by atoms with Gasteiger partial charge in [-0.2, -0.15) is 0 Å². The van der Waals surface area contributed by atoms with Gasteiger partial charge in [-0.05, 0) is 37.3 Å². The number of hydrogen-bond donors (Lipinski definition) is 1. The molecule has 1 N–H and O–H groups in total. The molecule has 0 amide bonds. The van der Waals surface area contributed by atoms with Gasteiger partial charge in [0.2, 0.25) is 5.43 Å². The van der Waals surface area contributed by atoms with E-state index in [4.69, 9.17) is 34.8 Å². The molecule has 0 unspecified atom stereocenters. The Bertz CT molecular complexity index is 1160. The summed E-state index contributed by atoms with van der Waals surface area (Å²) in [7, 11) is 0. The summed E-state index contributed by atoms with van der Waals surface area (Å²) in [4.78, 5) is 25.0. The van der Waals surface area contributed by atoms with E-state index in [1.54, 1.807) is 17.6 Å². The molecule has 0 fully saturated rings. The number of carbonyl (C=O) groups is 1. The zero-order valence-corrected chi connectivity index (χ0v) is 16.7. The van der Waals surface area contributed by atoms with Crippen molar-refractivity contribution in [3.8, 4) is 22.4 Å². The van der Waals surface area contributed by atoms with Crippen LogP contribution in [0, 0.1) is 5.82 Å². The zero-order chi connectivity index (χ0) is 20.6. The van der Waals surface area contributed by atoms with E-state index >= 15 is 0 Å². The Hall–Kier alpha value is -2.34. The van der Waals surface area contributed by atoms with Gasteiger partial charge in [0.15, 0.2) is 0 Å². The van der Waals surface area contributed by atoms with Crippen molar-refractivity contribution in [1.82, 2.24) is 4.57 Å². The standard InChI is InChI=1S/C20H13Cl3FNO3/c1-2-25-9-13(12-5-4-11(21)8-16(12)24)19(26)17(20(27)28)18(25)10-3-6-14(22)15(23)7-10/h3-9H,2H2,1H3,(H,27,28). The second kappa shape index (κ2) is 7.95. The smallest absolute Gasteiger partial charge is 0.341 e. The minimum atomic E-state index is -1.43. The monoisotopic (exact) mass is 439 g/mol. The molecule has 0 aliphatic heterocycles. The predicted molar refractivity (Wildman–Crippen MR) is 109 cm³/mol. The third-order valence-electron chi connectivity index (χ3n) is 4.25. The average molecular weight is 441 g/mol. The molecule has 1 heterocycles. The molecule has 0 bridgehead atoms. The molecule has 0 spiro atoms. The third kappa shape index (κ3) is 3.65. The number of aromatic nitrogens is 1. The maximum atomic E-state index is 14.4. The Morgan fingerprint density at radius 3 is 2.36 bits per heavy atom. The summed E-state index contributed by atoms with van der Waals surface area (Å²) in [5, 5.41) is 10.4. The first-order chi connectivity index (χ1) is 13.2. The lowest BCUT2D eigenvalue weighted by atomic mass is 9.98. The molecule has 144 valence electrons.